The minimum Gasteiger partial charge on any atom is -0.468 e. The molecule has 1 aromatic rings. The maximum Gasteiger partial charge on any atom is 0.422 e. The first kappa shape index (κ1) is 16.3. The predicted octanol–water partition coefficient (Wildman–Crippen LogP) is 2.92. The van der Waals surface area contributed by atoms with Gasteiger partial charge in [0.2, 0.25) is 11.8 Å². The van der Waals surface area contributed by atoms with Gasteiger partial charge in [0.1, 0.15) is 0 Å². The van der Waals surface area contributed by atoms with E-state index in [4.69, 9.17) is 0 Å². The first-order valence-corrected chi connectivity index (χ1v) is 6.18. The molecule has 1 amide bonds. The summed E-state index contributed by atoms with van der Waals surface area (Å²) in [5.74, 6) is -0.160. The van der Waals surface area contributed by atoms with E-state index in [-0.39, 0.29) is 17.8 Å². The highest BCUT2D eigenvalue weighted by molar-refractivity contribution is 5.75. The third kappa shape index (κ3) is 5.07. The van der Waals surface area contributed by atoms with E-state index in [2.05, 4.69) is 15.0 Å². The molecule has 0 saturated heterocycles. The minimum absolute atomic E-state index is 0.0555. The number of hydrogen-bond acceptors (Lipinski definition) is 3. The molecule has 1 unspecified atom stereocenters. The standard InChI is InChI=1S/C13H17F3N2O2/c1-4-11(19)18-9(3)10-5-8(2)12(17-6-10)20-7-13(14,15)16/h5-6,9H,4,7H2,1-3H3,(H,18,19). The Bertz CT molecular complexity index is 475. The Kier molecular flexibility index (Phi) is 5.35. The summed E-state index contributed by atoms with van der Waals surface area (Å²) in [5.41, 5.74) is 1.20. The van der Waals surface area contributed by atoms with E-state index in [1.807, 2.05) is 0 Å². The molecule has 0 saturated carbocycles. The van der Waals surface area contributed by atoms with E-state index in [9.17, 15) is 18.0 Å². The summed E-state index contributed by atoms with van der Waals surface area (Å²) in [6.07, 6.45) is -2.63. The van der Waals surface area contributed by atoms with Crippen LogP contribution in [0.3, 0.4) is 0 Å². The summed E-state index contributed by atoms with van der Waals surface area (Å²) in [4.78, 5) is 15.1. The van der Waals surface area contributed by atoms with Crippen molar-refractivity contribution in [1.82, 2.24) is 10.3 Å². The molecule has 0 aliphatic rings. The maximum atomic E-state index is 12.1. The summed E-state index contributed by atoms with van der Waals surface area (Å²) < 4.78 is 40.8. The van der Waals surface area contributed by atoms with Crippen molar-refractivity contribution in [3.8, 4) is 5.88 Å². The number of carbonyl (C=O) groups is 1. The van der Waals surface area contributed by atoms with Gasteiger partial charge < -0.3 is 10.1 Å². The fraction of sp³-hybridized carbons (Fsp3) is 0.538. The van der Waals surface area contributed by atoms with Crippen molar-refractivity contribution in [3.05, 3.63) is 23.4 Å². The molecule has 0 aliphatic carbocycles. The molecule has 7 heteroatoms. The van der Waals surface area contributed by atoms with Crippen LogP contribution in [0.5, 0.6) is 5.88 Å². The van der Waals surface area contributed by atoms with Crippen LogP contribution >= 0.6 is 0 Å². The molecule has 0 radical (unpaired) electrons. The Morgan fingerprint density at radius 2 is 2.15 bits per heavy atom. The Morgan fingerprint density at radius 3 is 2.65 bits per heavy atom. The van der Waals surface area contributed by atoms with Crippen molar-refractivity contribution in [2.45, 2.75) is 39.4 Å². The minimum atomic E-state index is -4.39. The van der Waals surface area contributed by atoms with Crippen LogP contribution in [-0.4, -0.2) is 23.7 Å². The third-order valence-corrected chi connectivity index (χ3v) is 2.62. The average molecular weight is 290 g/mol. The smallest absolute Gasteiger partial charge is 0.422 e. The van der Waals surface area contributed by atoms with Crippen LogP contribution < -0.4 is 10.1 Å². The molecule has 1 atom stereocenters. The highest BCUT2D eigenvalue weighted by Crippen LogP contribution is 2.22. The van der Waals surface area contributed by atoms with Gasteiger partial charge in [-0.2, -0.15) is 13.2 Å². The molecule has 0 fully saturated rings. The van der Waals surface area contributed by atoms with Gasteiger partial charge in [0.15, 0.2) is 6.61 Å². The van der Waals surface area contributed by atoms with Gasteiger partial charge in [-0.1, -0.05) is 6.92 Å². The molecule has 1 heterocycles. The summed E-state index contributed by atoms with van der Waals surface area (Å²) in [7, 11) is 0. The number of aryl methyl sites for hydroxylation is 1. The van der Waals surface area contributed by atoms with Gasteiger partial charge in [-0.15, -0.1) is 0 Å². The van der Waals surface area contributed by atoms with Crippen molar-refractivity contribution < 1.29 is 22.7 Å². The van der Waals surface area contributed by atoms with Crippen molar-refractivity contribution in [3.63, 3.8) is 0 Å². The van der Waals surface area contributed by atoms with Gasteiger partial charge in [0.25, 0.3) is 0 Å². The number of amides is 1. The van der Waals surface area contributed by atoms with Crippen LogP contribution in [0.4, 0.5) is 13.2 Å². The highest BCUT2D eigenvalue weighted by atomic mass is 19.4. The van der Waals surface area contributed by atoms with Crippen LogP contribution in [0.2, 0.25) is 0 Å². The molecule has 1 rings (SSSR count). The monoisotopic (exact) mass is 290 g/mol. The molecule has 1 N–H and O–H groups in total. The maximum absolute atomic E-state index is 12.1. The Labute approximate surface area is 115 Å². The first-order valence-electron chi connectivity index (χ1n) is 6.18. The molecule has 0 aliphatic heterocycles. The Balaban J connectivity index is 2.74. The summed E-state index contributed by atoms with van der Waals surface area (Å²) in [6.45, 7) is 3.75. The number of nitrogens with zero attached hydrogens (tertiary/aromatic N) is 1. The zero-order valence-electron chi connectivity index (χ0n) is 11.5. The van der Waals surface area contributed by atoms with Gasteiger partial charge in [-0.05, 0) is 25.5 Å². The summed E-state index contributed by atoms with van der Waals surface area (Å²) in [5, 5.41) is 2.75. The fourth-order valence-electron chi connectivity index (χ4n) is 1.55. The average Bonchev–Trinajstić information content (AvgIpc) is 2.35. The second-order valence-electron chi connectivity index (χ2n) is 4.44. The highest BCUT2D eigenvalue weighted by Gasteiger charge is 2.29. The number of ether oxygens (including phenoxy) is 1. The number of pyridine rings is 1. The molecule has 0 spiro atoms. The van der Waals surface area contributed by atoms with Crippen molar-refractivity contribution >= 4 is 5.91 Å². The number of hydrogen-bond donors (Lipinski definition) is 1. The first-order chi connectivity index (χ1) is 9.23. The van der Waals surface area contributed by atoms with Crippen LogP contribution in [0.1, 0.15) is 37.4 Å². The van der Waals surface area contributed by atoms with Crippen molar-refractivity contribution in [1.29, 1.82) is 0 Å². The van der Waals surface area contributed by atoms with Crippen LogP contribution in [0.15, 0.2) is 12.3 Å². The molecule has 1 aromatic heterocycles. The Hall–Kier alpha value is -1.79. The van der Waals surface area contributed by atoms with E-state index < -0.39 is 12.8 Å². The number of rotatable bonds is 5. The molecule has 112 valence electrons. The van der Waals surface area contributed by atoms with Crippen LogP contribution in [0.25, 0.3) is 0 Å². The van der Waals surface area contributed by atoms with Gasteiger partial charge in [-0.3, -0.25) is 4.79 Å². The number of nitrogens with one attached hydrogen (secondary N) is 1. The lowest BCUT2D eigenvalue weighted by Gasteiger charge is -2.16. The molecule has 20 heavy (non-hydrogen) atoms. The predicted molar refractivity (Wildman–Crippen MR) is 67.4 cm³/mol. The van der Waals surface area contributed by atoms with Gasteiger partial charge in [0, 0.05) is 18.2 Å². The normalized spacial score (nSPS) is 12.9. The molecule has 0 aromatic carbocycles. The van der Waals surface area contributed by atoms with Crippen molar-refractivity contribution in [2.24, 2.45) is 0 Å². The molecule has 4 nitrogen and oxygen atoms in total. The van der Waals surface area contributed by atoms with E-state index in [1.54, 1.807) is 26.8 Å². The lowest BCUT2D eigenvalue weighted by molar-refractivity contribution is -0.154. The molecular formula is C13H17F3N2O2. The molecular weight excluding hydrogens is 273 g/mol. The zero-order chi connectivity index (χ0) is 15.3. The van der Waals surface area contributed by atoms with Crippen LogP contribution in [-0.2, 0) is 4.79 Å². The number of aromatic nitrogens is 1. The van der Waals surface area contributed by atoms with Gasteiger partial charge in [-0.25, -0.2) is 4.98 Å². The summed E-state index contributed by atoms with van der Waals surface area (Å²) in [6, 6.07) is 1.39. The van der Waals surface area contributed by atoms with E-state index >= 15 is 0 Å². The molecule has 0 bridgehead atoms. The zero-order valence-corrected chi connectivity index (χ0v) is 11.5. The third-order valence-electron chi connectivity index (χ3n) is 2.62. The SMILES string of the molecule is CCC(=O)NC(C)c1cnc(OCC(F)(F)F)c(C)c1. The Morgan fingerprint density at radius 1 is 1.50 bits per heavy atom. The van der Waals surface area contributed by atoms with Crippen molar-refractivity contribution in [2.75, 3.05) is 6.61 Å². The second kappa shape index (κ2) is 6.58. The largest absolute Gasteiger partial charge is 0.468 e. The van der Waals surface area contributed by atoms with Gasteiger partial charge >= 0.3 is 6.18 Å². The van der Waals surface area contributed by atoms with Gasteiger partial charge in [0.05, 0.1) is 6.04 Å². The number of carbonyl (C=O) groups excluding carboxylic acids is 1. The van der Waals surface area contributed by atoms with E-state index in [0.29, 0.717) is 17.5 Å². The second-order valence-corrected chi connectivity index (χ2v) is 4.44. The van der Waals surface area contributed by atoms with Crippen LogP contribution in [0, 0.1) is 6.92 Å². The fourth-order valence-corrected chi connectivity index (χ4v) is 1.55. The number of halogens is 3. The topological polar surface area (TPSA) is 51.2 Å². The number of alkyl halides is 3. The van der Waals surface area contributed by atoms with E-state index in [0.717, 1.165) is 0 Å². The lowest BCUT2D eigenvalue weighted by Crippen LogP contribution is -2.26. The summed E-state index contributed by atoms with van der Waals surface area (Å²) >= 11 is 0. The quantitative estimate of drug-likeness (QED) is 0.907. The lowest BCUT2D eigenvalue weighted by atomic mass is 10.1. The van der Waals surface area contributed by atoms with E-state index in [1.165, 1.54) is 6.20 Å².